The number of phenolic OH excluding ortho intramolecular Hbond substituents is 1. The van der Waals surface area contributed by atoms with Crippen LogP contribution < -0.4 is 42.0 Å². The van der Waals surface area contributed by atoms with Crippen LogP contribution in [-0.4, -0.2) is 199 Å². The standard InChI is InChI=1S/C65H75ClN12O17/c1-38(2)56(74-63(88)93-30-29-92-27-24-77-52(81)18-19-53(77)82)60(85)73-48(9-6-20-68-62(67)87)59(84)70-44-14-10-40(11-15-44)37-94-64(89)75(4)21-22-76(23-26-91-28-25-79)65(90)95-51-33-50-55(54-39(3)7-5-8-47(51)54)43(34-66)36-78(50)61(86)49-32-42-31-45(35-69-57(42)72-49)71-58(83)41-12-16-46(80)17-13-41/h5,7-8,10-19,31-33,35,38,43,48,56,79-80H,6,9,20-30,34,36-37H2,1-4H3,(H,69,72)(H,70,84)(H,71,83)(H,73,85)(H,74,88)(H3,67,68,87)/t43-,48+,56+/m1/s1. The molecule has 4 heterocycles. The Balaban J connectivity index is 0.868. The number of halogens is 1. The maximum Gasteiger partial charge on any atom is 0.415 e. The molecule has 95 heavy (non-hydrogen) atoms. The van der Waals surface area contributed by atoms with Crippen LogP contribution in [0.2, 0.25) is 0 Å². The molecule has 0 unspecified atom stereocenters. The number of amides is 11. The van der Waals surface area contributed by atoms with Crippen molar-refractivity contribution in [2.45, 2.75) is 58.2 Å². The number of carbonyl (C=O) groups excluding carboxylic acids is 10. The highest BCUT2D eigenvalue weighted by Crippen LogP contribution is 2.47. The van der Waals surface area contributed by atoms with Crippen LogP contribution in [0.15, 0.2) is 103 Å². The number of nitrogens with one attached hydrogen (secondary N) is 6. The number of aryl methyl sites for hydroxylation is 1. The van der Waals surface area contributed by atoms with Gasteiger partial charge in [0.1, 0.15) is 48.1 Å². The topological polar surface area (TPSA) is 385 Å². The number of alkyl halides is 1. The van der Waals surface area contributed by atoms with Gasteiger partial charge in [0, 0.05) is 91.8 Å². The van der Waals surface area contributed by atoms with Gasteiger partial charge in [-0.05, 0) is 96.3 Å². The molecular formula is C65H75ClN12O17. The summed E-state index contributed by atoms with van der Waals surface area (Å²) in [5.41, 5.74) is 9.44. The van der Waals surface area contributed by atoms with Gasteiger partial charge in [0.2, 0.25) is 11.8 Å². The Kier molecular flexibility index (Phi) is 24.8. The summed E-state index contributed by atoms with van der Waals surface area (Å²) in [4.78, 5) is 143. The number of aromatic hydroxyl groups is 1. The molecule has 30 heteroatoms. The van der Waals surface area contributed by atoms with Crippen molar-refractivity contribution < 1.29 is 81.8 Å². The third-order valence-electron chi connectivity index (χ3n) is 15.4. The molecule has 8 rings (SSSR count). The number of pyridine rings is 1. The van der Waals surface area contributed by atoms with E-state index in [1.54, 1.807) is 61.2 Å². The molecule has 0 saturated heterocycles. The summed E-state index contributed by atoms with van der Waals surface area (Å²) < 4.78 is 27.9. The van der Waals surface area contributed by atoms with Gasteiger partial charge in [0.15, 0.2) is 0 Å². The smallest absolute Gasteiger partial charge is 0.415 e. The van der Waals surface area contributed by atoms with Gasteiger partial charge in [-0.25, -0.2) is 24.2 Å². The van der Waals surface area contributed by atoms with Crippen molar-refractivity contribution in [2.24, 2.45) is 11.7 Å². The molecule has 0 spiro atoms. The monoisotopic (exact) mass is 1330 g/mol. The van der Waals surface area contributed by atoms with Crippen LogP contribution in [-0.2, 0) is 44.7 Å². The summed E-state index contributed by atoms with van der Waals surface area (Å²) in [6.45, 7) is 4.73. The van der Waals surface area contributed by atoms with Gasteiger partial charge in [0.25, 0.3) is 23.6 Å². The first-order valence-electron chi connectivity index (χ1n) is 30.5. The van der Waals surface area contributed by atoms with Crippen LogP contribution >= 0.6 is 11.6 Å². The number of H-pyrrole nitrogens is 1. The predicted molar refractivity (Wildman–Crippen MR) is 348 cm³/mol. The quantitative estimate of drug-likeness (QED) is 0.0145. The lowest BCUT2D eigenvalue weighted by atomic mass is 9.92. The fourth-order valence-electron chi connectivity index (χ4n) is 10.4. The number of urea groups is 1. The summed E-state index contributed by atoms with van der Waals surface area (Å²) in [5.74, 6) is -3.55. The van der Waals surface area contributed by atoms with E-state index < -0.39 is 77.8 Å². The SMILES string of the molecule is Cc1cccc2c(OC(=O)N(CCOCCO)CCN(C)C(=O)OCc3ccc(NC(=O)[C@H](CCCNC(N)=O)NC(=O)[C@@H](NC(=O)OCCOCCN4C(=O)C=CC4=O)C(C)C)cc3)cc3c(c12)[C@H](CCl)CN3C(=O)c1cc2cc(NC(=O)c3ccc(O)cc3)cnc2[nH]1. The number of benzene rings is 4. The van der Waals surface area contributed by atoms with Gasteiger partial charge >= 0.3 is 24.3 Å². The minimum atomic E-state index is -1.16. The van der Waals surface area contributed by atoms with E-state index in [2.05, 4.69) is 36.6 Å². The van der Waals surface area contributed by atoms with Crippen molar-refractivity contribution in [3.63, 3.8) is 0 Å². The largest absolute Gasteiger partial charge is 0.508 e. The third kappa shape index (κ3) is 18.9. The molecule has 3 atom stereocenters. The highest BCUT2D eigenvalue weighted by atomic mass is 35.5. The summed E-state index contributed by atoms with van der Waals surface area (Å²) in [6, 6.07) is 19.5. The zero-order valence-corrected chi connectivity index (χ0v) is 53.4. The van der Waals surface area contributed by atoms with E-state index in [0.717, 1.165) is 33.6 Å². The molecule has 0 bridgehead atoms. The highest BCUT2D eigenvalue weighted by Gasteiger charge is 2.37. The second kappa shape index (κ2) is 33.5. The third-order valence-corrected chi connectivity index (χ3v) is 15.8. The Morgan fingerprint density at radius 1 is 0.821 bits per heavy atom. The molecule has 0 radical (unpaired) electrons. The first-order valence-corrected chi connectivity index (χ1v) is 31.0. The molecule has 0 saturated carbocycles. The number of ether oxygens (including phenoxy) is 5. The number of nitrogens with two attached hydrogens (primary N) is 1. The minimum absolute atomic E-state index is 0.000128. The van der Waals surface area contributed by atoms with Gasteiger partial charge in [-0.3, -0.25) is 33.7 Å². The van der Waals surface area contributed by atoms with Crippen LogP contribution in [0.3, 0.4) is 0 Å². The molecule has 0 fully saturated rings. The number of primary amides is 1. The van der Waals surface area contributed by atoms with Gasteiger partial charge in [-0.2, -0.15) is 0 Å². The summed E-state index contributed by atoms with van der Waals surface area (Å²) in [5, 5.41) is 34.1. The van der Waals surface area contributed by atoms with E-state index in [9.17, 15) is 58.2 Å². The molecule has 0 aliphatic carbocycles. The van der Waals surface area contributed by atoms with Gasteiger partial charge in [-0.1, -0.05) is 44.2 Å². The Labute approximate surface area is 550 Å². The lowest BCUT2D eigenvalue weighted by Crippen LogP contribution is -2.54. The lowest BCUT2D eigenvalue weighted by molar-refractivity contribution is -0.137. The Morgan fingerprint density at radius 2 is 1.56 bits per heavy atom. The number of aliphatic hydroxyl groups excluding tert-OH is 1. The number of aromatic amines is 1. The molecule has 504 valence electrons. The number of phenols is 1. The van der Waals surface area contributed by atoms with Crippen molar-refractivity contribution in [1.82, 2.24) is 40.6 Å². The molecule has 6 aromatic rings. The van der Waals surface area contributed by atoms with Crippen molar-refractivity contribution in [2.75, 3.05) is 107 Å². The lowest BCUT2D eigenvalue weighted by Gasteiger charge is -2.26. The van der Waals surface area contributed by atoms with E-state index in [1.807, 2.05) is 25.1 Å². The molecule has 2 aliphatic rings. The summed E-state index contributed by atoms with van der Waals surface area (Å²) in [6.07, 6.45) is 1.54. The first-order chi connectivity index (χ1) is 45.6. The van der Waals surface area contributed by atoms with Crippen molar-refractivity contribution in [1.29, 1.82) is 0 Å². The maximum atomic E-state index is 14.6. The number of aliphatic hydroxyl groups is 1. The average Bonchev–Trinajstić information content (AvgIpc) is 1.45. The zero-order valence-electron chi connectivity index (χ0n) is 52.6. The van der Waals surface area contributed by atoms with Gasteiger partial charge in [-0.15, -0.1) is 11.6 Å². The van der Waals surface area contributed by atoms with E-state index in [1.165, 1.54) is 47.3 Å². The molecule has 2 aliphatic heterocycles. The Bertz CT molecular complexity index is 3810. The number of nitrogens with zero attached hydrogens (tertiary/aromatic N) is 5. The average molecular weight is 1330 g/mol. The van der Waals surface area contributed by atoms with E-state index in [4.69, 9.17) is 41.0 Å². The molecule has 10 N–H and O–H groups in total. The fraction of sp³-hybridized carbons (Fsp3) is 0.369. The van der Waals surface area contributed by atoms with E-state index in [0.29, 0.717) is 44.6 Å². The molecule has 11 amide bonds. The second-order valence-corrected chi connectivity index (χ2v) is 22.8. The van der Waals surface area contributed by atoms with Crippen LogP contribution in [0, 0.1) is 12.8 Å². The Hall–Kier alpha value is -10.4. The van der Waals surface area contributed by atoms with E-state index in [-0.39, 0.29) is 127 Å². The number of hydrogen-bond acceptors (Lipinski definition) is 18. The number of imide groups is 1. The Morgan fingerprint density at radius 3 is 2.26 bits per heavy atom. The molecular weight excluding hydrogens is 1260 g/mol. The van der Waals surface area contributed by atoms with Gasteiger partial charge < -0.3 is 85.9 Å². The summed E-state index contributed by atoms with van der Waals surface area (Å²) >= 11 is 6.65. The second-order valence-electron chi connectivity index (χ2n) is 22.5. The van der Waals surface area contributed by atoms with E-state index >= 15 is 0 Å². The predicted octanol–water partition coefficient (Wildman–Crippen LogP) is 5.61. The number of likely N-dealkylation sites (N-methyl/N-ethyl adjacent to an activating group) is 1. The maximum absolute atomic E-state index is 14.6. The number of hydrogen-bond donors (Lipinski definition) is 9. The number of rotatable bonds is 31. The molecule has 4 aromatic carbocycles. The number of anilines is 3. The number of aromatic nitrogens is 2. The van der Waals surface area contributed by atoms with Crippen LogP contribution in [0.1, 0.15) is 70.1 Å². The van der Waals surface area contributed by atoms with Gasteiger partial charge in [0.05, 0.1) is 57.2 Å². The first kappa shape index (κ1) is 70.5. The number of carbonyl (C=O) groups is 10. The van der Waals surface area contributed by atoms with Crippen molar-refractivity contribution >= 4 is 110 Å². The van der Waals surface area contributed by atoms with Crippen LogP contribution in [0.5, 0.6) is 11.5 Å². The van der Waals surface area contributed by atoms with Crippen molar-refractivity contribution in [3.05, 3.63) is 131 Å². The summed E-state index contributed by atoms with van der Waals surface area (Å²) in [7, 11) is 1.48. The highest BCUT2D eigenvalue weighted by molar-refractivity contribution is 6.20. The minimum Gasteiger partial charge on any atom is -0.508 e. The molecule has 2 aromatic heterocycles. The number of fused-ring (bicyclic) bond motifs is 4. The molecule has 29 nitrogen and oxygen atoms in total. The number of alkyl carbamates (subject to hydrolysis) is 1. The van der Waals surface area contributed by atoms with Crippen LogP contribution in [0.25, 0.3) is 21.8 Å². The zero-order chi connectivity index (χ0) is 68.3. The normalized spacial score (nSPS) is 13.9. The van der Waals surface area contributed by atoms with Crippen molar-refractivity contribution in [3.8, 4) is 11.5 Å². The fourth-order valence-corrected chi connectivity index (χ4v) is 10.7. The van der Waals surface area contributed by atoms with Crippen LogP contribution in [0.4, 0.5) is 36.2 Å².